The third kappa shape index (κ3) is 7.10. The van der Waals surface area contributed by atoms with Gasteiger partial charge in [0.2, 0.25) is 5.91 Å². The first-order valence-corrected chi connectivity index (χ1v) is 4.06. The van der Waals surface area contributed by atoms with Crippen LogP contribution in [0.15, 0.2) is 0 Å². The van der Waals surface area contributed by atoms with Crippen molar-refractivity contribution < 1.29 is 4.79 Å². The Hall–Kier alpha value is -1.01. The molecule has 12 heavy (non-hydrogen) atoms. The van der Waals surface area contributed by atoms with Crippen LogP contribution in [0.3, 0.4) is 0 Å². The molecule has 1 amide bonds. The van der Waals surface area contributed by atoms with Gasteiger partial charge >= 0.3 is 0 Å². The molecule has 0 atom stereocenters. The van der Waals surface area contributed by atoms with Gasteiger partial charge in [0.15, 0.2) is 0 Å². The van der Waals surface area contributed by atoms with Gasteiger partial charge in [-0.3, -0.25) is 4.79 Å². The molecule has 3 nitrogen and oxygen atoms in total. The zero-order chi connectivity index (χ0) is 9.40. The van der Waals surface area contributed by atoms with Crippen LogP contribution in [0.1, 0.15) is 20.8 Å². The van der Waals surface area contributed by atoms with Crippen molar-refractivity contribution in [3.05, 3.63) is 0 Å². The minimum absolute atomic E-state index is 0.00792. The number of rotatable bonds is 4. The van der Waals surface area contributed by atoms with Crippen LogP contribution in [0.2, 0.25) is 0 Å². The number of carbonyl (C=O) groups is 1. The quantitative estimate of drug-likeness (QED) is 0.586. The molecular weight excluding hydrogens is 152 g/mol. The highest BCUT2D eigenvalue weighted by Crippen LogP contribution is 1.74. The first-order chi connectivity index (χ1) is 5.66. The van der Waals surface area contributed by atoms with Gasteiger partial charge in [-0.1, -0.05) is 19.8 Å². The maximum absolute atomic E-state index is 11.0. The molecule has 0 aliphatic carbocycles. The summed E-state index contributed by atoms with van der Waals surface area (Å²) in [6.07, 6.45) is 0. The lowest BCUT2D eigenvalue weighted by atomic mass is 10.4. The van der Waals surface area contributed by atoms with Gasteiger partial charge in [0.1, 0.15) is 0 Å². The van der Waals surface area contributed by atoms with E-state index in [4.69, 9.17) is 0 Å². The highest BCUT2D eigenvalue weighted by atomic mass is 16.1. The minimum Gasteiger partial charge on any atom is -0.344 e. The molecule has 3 heteroatoms. The van der Waals surface area contributed by atoms with Crippen LogP contribution in [0, 0.1) is 11.8 Å². The fourth-order valence-corrected chi connectivity index (χ4v) is 0.590. The molecule has 0 aromatic heterocycles. The summed E-state index contributed by atoms with van der Waals surface area (Å²) < 4.78 is 0. The second-order valence-corrected chi connectivity index (χ2v) is 2.74. The summed E-state index contributed by atoms with van der Waals surface area (Å²) in [6, 6.07) is 0.341. The van der Waals surface area contributed by atoms with E-state index in [1.54, 1.807) is 6.92 Å². The molecule has 0 aliphatic heterocycles. The minimum atomic E-state index is -0.00792. The maximum Gasteiger partial charge on any atom is 0.234 e. The first-order valence-electron chi connectivity index (χ1n) is 4.06. The second kappa shape index (κ2) is 6.68. The number of hydrogen-bond donors (Lipinski definition) is 2. The van der Waals surface area contributed by atoms with E-state index in [9.17, 15) is 4.79 Å². The third-order valence-electron chi connectivity index (χ3n) is 1.22. The summed E-state index contributed by atoms with van der Waals surface area (Å²) in [5, 5.41) is 5.68. The zero-order valence-electron chi connectivity index (χ0n) is 7.90. The molecular formula is C9H16N2O. The van der Waals surface area contributed by atoms with Crippen LogP contribution in [0.4, 0.5) is 0 Å². The van der Waals surface area contributed by atoms with Gasteiger partial charge in [0.25, 0.3) is 0 Å². The Balaban J connectivity index is 3.38. The van der Waals surface area contributed by atoms with Crippen LogP contribution < -0.4 is 10.6 Å². The Morgan fingerprint density at radius 3 is 2.67 bits per heavy atom. The monoisotopic (exact) mass is 168 g/mol. The average molecular weight is 168 g/mol. The highest BCUT2D eigenvalue weighted by Gasteiger charge is 1.98. The van der Waals surface area contributed by atoms with E-state index in [-0.39, 0.29) is 5.91 Å². The lowest BCUT2D eigenvalue weighted by Gasteiger charge is -2.06. The third-order valence-corrected chi connectivity index (χ3v) is 1.22. The van der Waals surface area contributed by atoms with E-state index >= 15 is 0 Å². The van der Waals surface area contributed by atoms with Gasteiger partial charge in [-0.05, 0) is 6.92 Å². The highest BCUT2D eigenvalue weighted by molar-refractivity contribution is 5.78. The summed E-state index contributed by atoms with van der Waals surface area (Å²) in [4.78, 5) is 11.0. The van der Waals surface area contributed by atoms with Crippen molar-refractivity contribution in [2.75, 3.05) is 13.1 Å². The van der Waals surface area contributed by atoms with Gasteiger partial charge in [0, 0.05) is 6.04 Å². The molecule has 0 unspecified atom stereocenters. The van der Waals surface area contributed by atoms with Crippen LogP contribution in [-0.4, -0.2) is 25.0 Å². The Labute approximate surface area is 73.9 Å². The zero-order valence-corrected chi connectivity index (χ0v) is 7.90. The molecule has 0 aliphatic rings. The van der Waals surface area contributed by atoms with Crippen molar-refractivity contribution in [2.45, 2.75) is 26.8 Å². The molecule has 0 aromatic carbocycles. The summed E-state index contributed by atoms with van der Waals surface area (Å²) in [6.45, 7) is 6.55. The van der Waals surface area contributed by atoms with E-state index in [1.807, 2.05) is 13.8 Å². The van der Waals surface area contributed by atoms with Gasteiger partial charge in [-0.15, -0.1) is 5.92 Å². The van der Waals surface area contributed by atoms with E-state index in [1.165, 1.54) is 0 Å². The first kappa shape index (κ1) is 11.0. The van der Waals surface area contributed by atoms with Crippen LogP contribution >= 0.6 is 0 Å². The van der Waals surface area contributed by atoms with E-state index in [0.29, 0.717) is 19.1 Å². The summed E-state index contributed by atoms with van der Waals surface area (Å²) >= 11 is 0. The molecule has 0 aromatic rings. The lowest BCUT2D eigenvalue weighted by Crippen LogP contribution is -2.36. The van der Waals surface area contributed by atoms with Crippen molar-refractivity contribution in [1.82, 2.24) is 10.6 Å². The SMILES string of the molecule is CC#CCNC(=O)CNC(C)C. The number of nitrogens with one attached hydrogen (secondary N) is 2. The summed E-state index contributed by atoms with van der Waals surface area (Å²) in [5.41, 5.74) is 0. The Bertz CT molecular complexity index is 188. The summed E-state index contributed by atoms with van der Waals surface area (Å²) in [5.74, 6) is 5.45. The molecule has 0 saturated carbocycles. The number of hydrogen-bond acceptors (Lipinski definition) is 2. The largest absolute Gasteiger partial charge is 0.344 e. The number of carbonyl (C=O) groups excluding carboxylic acids is 1. The van der Waals surface area contributed by atoms with Crippen LogP contribution in [0.5, 0.6) is 0 Å². The topological polar surface area (TPSA) is 41.1 Å². The Morgan fingerprint density at radius 1 is 1.50 bits per heavy atom. The molecule has 0 spiro atoms. The fraction of sp³-hybridized carbons (Fsp3) is 0.667. The van der Waals surface area contributed by atoms with Crippen LogP contribution in [0.25, 0.3) is 0 Å². The van der Waals surface area contributed by atoms with E-state index < -0.39 is 0 Å². The van der Waals surface area contributed by atoms with Crippen molar-refractivity contribution >= 4 is 5.91 Å². The number of amides is 1. The molecule has 0 radical (unpaired) electrons. The molecule has 68 valence electrons. The van der Waals surface area contributed by atoms with E-state index in [2.05, 4.69) is 22.5 Å². The van der Waals surface area contributed by atoms with Crippen molar-refractivity contribution in [3.8, 4) is 11.8 Å². The molecule has 0 bridgehead atoms. The van der Waals surface area contributed by atoms with E-state index in [0.717, 1.165) is 0 Å². The van der Waals surface area contributed by atoms with Crippen molar-refractivity contribution in [3.63, 3.8) is 0 Å². The van der Waals surface area contributed by atoms with Crippen LogP contribution in [-0.2, 0) is 4.79 Å². The molecule has 0 rings (SSSR count). The van der Waals surface area contributed by atoms with Crippen molar-refractivity contribution in [1.29, 1.82) is 0 Å². The fourth-order valence-electron chi connectivity index (χ4n) is 0.590. The molecule has 0 saturated heterocycles. The Kier molecular flexibility index (Phi) is 6.12. The standard InChI is InChI=1S/C9H16N2O/c1-4-5-6-10-9(12)7-11-8(2)3/h8,11H,6-7H2,1-3H3,(H,10,12). The van der Waals surface area contributed by atoms with Gasteiger partial charge in [-0.25, -0.2) is 0 Å². The van der Waals surface area contributed by atoms with Gasteiger partial charge < -0.3 is 10.6 Å². The average Bonchev–Trinajstić information content (AvgIpc) is 2.01. The molecule has 2 N–H and O–H groups in total. The van der Waals surface area contributed by atoms with Crippen molar-refractivity contribution in [2.24, 2.45) is 0 Å². The lowest BCUT2D eigenvalue weighted by molar-refractivity contribution is -0.120. The predicted octanol–water partition coefficient (Wildman–Crippen LogP) is 0.124. The molecule has 0 fully saturated rings. The van der Waals surface area contributed by atoms with Gasteiger partial charge in [0.05, 0.1) is 13.1 Å². The molecule has 0 heterocycles. The Morgan fingerprint density at radius 2 is 2.17 bits per heavy atom. The second-order valence-electron chi connectivity index (χ2n) is 2.74. The predicted molar refractivity (Wildman–Crippen MR) is 49.6 cm³/mol. The summed E-state index contributed by atoms with van der Waals surface area (Å²) in [7, 11) is 0. The smallest absolute Gasteiger partial charge is 0.234 e. The van der Waals surface area contributed by atoms with Gasteiger partial charge in [-0.2, -0.15) is 0 Å². The maximum atomic E-state index is 11.0. The normalized spacial score (nSPS) is 9.00.